The Hall–Kier alpha value is -2.61. The fraction of sp³-hybridized carbons (Fsp3) is 0.550. The summed E-state index contributed by atoms with van der Waals surface area (Å²) in [7, 11) is 0. The highest BCUT2D eigenvalue weighted by molar-refractivity contribution is 5.87. The van der Waals surface area contributed by atoms with Gasteiger partial charge in [0.05, 0.1) is 18.2 Å². The second kappa shape index (κ2) is 5.47. The molecule has 3 aliphatic heterocycles. The molecule has 28 heavy (non-hydrogen) atoms. The number of hydrogen-bond donors (Lipinski definition) is 0. The first kappa shape index (κ1) is 16.4. The van der Waals surface area contributed by atoms with Crippen LogP contribution >= 0.6 is 0 Å². The standard InChI is InChI=1S/C20H23N7O/c1-11-8-27-18-15(23-19(27)20(2,3)28-11)17(26-9-12-4-14(26)5-12)24-16(25-18)13-6-21-10-22-7-13/h6-7,10-12,14H,4-5,8-9H2,1-3H3/t11-,12?,14?/m0/s1. The zero-order valence-corrected chi connectivity index (χ0v) is 16.3. The lowest BCUT2D eigenvalue weighted by atomic mass is 9.86. The van der Waals surface area contributed by atoms with E-state index < -0.39 is 5.60 Å². The first-order valence-electron chi connectivity index (χ1n) is 9.98. The fourth-order valence-corrected chi connectivity index (χ4v) is 5.00. The van der Waals surface area contributed by atoms with Crippen molar-refractivity contribution in [2.45, 2.75) is 57.9 Å². The number of rotatable bonds is 2. The van der Waals surface area contributed by atoms with Crippen molar-refractivity contribution in [2.24, 2.45) is 5.92 Å². The average Bonchev–Trinajstić information content (AvgIpc) is 3.33. The molecular formula is C20H23N7O. The maximum Gasteiger partial charge on any atom is 0.167 e. The van der Waals surface area contributed by atoms with E-state index in [-0.39, 0.29) is 6.10 Å². The lowest BCUT2D eigenvalue weighted by Crippen LogP contribution is -2.38. The van der Waals surface area contributed by atoms with Crippen LogP contribution in [-0.2, 0) is 16.9 Å². The molecule has 0 amide bonds. The van der Waals surface area contributed by atoms with Gasteiger partial charge < -0.3 is 14.2 Å². The molecule has 2 bridgehead atoms. The number of fused-ring (bicyclic) bond motifs is 4. The number of imidazole rings is 1. The van der Waals surface area contributed by atoms with E-state index in [4.69, 9.17) is 19.7 Å². The van der Waals surface area contributed by atoms with Gasteiger partial charge in [0, 0.05) is 25.0 Å². The second-order valence-corrected chi connectivity index (χ2v) is 8.80. The molecule has 0 radical (unpaired) electrons. The molecule has 0 spiro atoms. The Labute approximate surface area is 163 Å². The predicted octanol–water partition coefficient (Wildman–Crippen LogP) is 2.54. The highest BCUT2D eigenvalue weighted by atomic mass is 16.5. The molecule has 2 saturated heterocycles. The lowest BCUT2D eigenvalue weighted by molar-refractivity contribution is -0.100. The Kier molecular flexibility index (Phi) is 3.19. The van der Waals surface area contributed by atoms with Gasteiger partial charge in [-0.05, 0) is 39.5 Å². The first-order chi connectivity index (χ1) is 13.5. The Morgan fingerprint density at radius 1 is 1.07 bits per heavy atom. The van der Waals surface area contributed by atoms with Crippen LogP contribution in [0.2, 0.25) is 0 Å². The van der Waals surface area contributed by atoms with Gasteiger partial charge in [0.2, 0.25) is 0 Å². The molecule has 1 saturated carbocycles. The van der Waals surface area contributed by atoms with Crippen molar-refractivity contribution >= 4 is 17.0 Å². The number of nitrogens with zero attached hydrogens (tertiary/aromatic N) is 7. The smallest absolute Gasteiger partial charge is 0.167 e. The van der Waals surface area contributed by atoms with E-state index in [9.17, 15) is 0 Å². The van der Waals surface area contributed by atoms with E-state index in [1.165, 1.54) is 19.2 Å². The highest BCUT2D eigenvalue weighted by Gasteiger charge is 2.45. The van der Waals surface area contributed by atoms with Crippen LogP contribution in [0.15, 0.2) is 18.7 Å². The quantitative estimate of drug-likeness (QED) is 0.679. The van der Waals surface area contributed by atoms with E-state index in [0.717, 1.165) is 47.4 Å². The van der Waals surface area contributed by atoms with Crippen LogP contribution in [0.4, 0.5) is 5.82 Å². The normalized spacial score (nSPS) is 27.7. The minimum Gasteiger partial charge on any atom is -0.363 e. The van der Waals surface area contributed by atoms with Crippen LogP contribution in [0, 0.1) is 5.92 Å². The average molecular weight is 377 g/mol. The van der Waals surface area contributed by atoms with Gasteiger partial charge in [-0.15, -0.1) is 0 Å². The van der Waals surface area contributed by atoms with Gasteiger partial charge in [0.1, 0.15) is 17.8 Å². The van der Waals surface area contributed by atoms with Gasteiger partial charge in [-0.3, -0.25) is 0 Å². The fourth-order valence-electron chi connectivity index (χ4n) is 5.00. The third-order valence-corrected chi connectivity index (χ3v) is 6.25. The van der Waals surface area contributed by atoms with Gasteiger partial charge in [0.25, 0.3) is 0 Å². The maximum absolute atomic E-state index is 6.17. The summed E-state index contributed by atoms with van der Waals surface area (Å²) in [4.78, 5) is 25.6. The summed E-state index contributed by atoms with van der Waals surface area (Å²) in [6.45, 7) is 8.04. The summed E-state index contributed by atoms with van der Waals surface area (Å²) in [6, 6.07) is 0.574. The first-order valence-corrected chi connectivity index (χ1v) is 9.98. The number of hydrogen-bond acceptors (Lipinski definition) is 7. The van der Waals surface area contributed by atoms with Crippen molar-refractivity contribution in [3.8, 4) is 11.4 Å². The summed E-state index contributed by atoms with van der Waals surface area (Å²) in [5.74, 6) is 3.31. The van der Waals surface area contributed by atoms with E-state index in [1.807, 2.05) is 0 Å². The zero-order chi connectivity index (χ0) is 19.0. The van der Waals surface area contributed by atoms with Crippen LogP contribution < -0.4 is 4.90 Å². The Balaban J connectivity index is 1.62. The molecule has 0 N–H and O–H groups in total. The second-order valence-electron chi connectivity index (χ2n) is 8.80. The van der Waals surface area contributed by atoms with Gasteiger partial charge in [0.15, 0.2) is 22.8 Å². The third kappa shape index (κ3) is 2.24. The SMILES string of the molecule is C[C@H]1Cn2c(nc3c(N4CC5CC4C5)nc(-c4cncnc4)nc32)C(C)(C)O1. The monoisotopic (exact) mass is 377 g/mol. The van der Waals surface area contributed by atoms with E-state index >= 15 is 0 Å². The van der Waals surface area contributed by atoms with E-state index in [1.54, 1.807) is 12.4 Å². The van der Waals surface area contributed by atoms with E-state index in [2.05, 4.69) is 40.2 Å². The van der Waals surface area contributed by atoms with Crippen molar-refractivity contribution in [3.05, 3.63) is 24.5 Å². The predicted molar refractivity (Wildman–Crippen MR) is 104 cm³/mol. The molecule has 8 nitrogen and oxygen atoms in total. The molecule has 1 aliphatic carbocycles. The molecule has 3 aromatic rings. The molecule has 7 rings (SSSR count). The van der Waals surface area contributed by atoms with Gasteiger partial charge >= 0.3 is 0 Å². The molecule has 0 aromatic carbocycles. The molecule has 144 valence electrons. The van der Waals surface area contributed by atoms with Crippen molar-refractivity contribution in [3.63, 3.8) is 0 Å². The molecule has 0 unspecified atom stereocenters. The van der Waals surface area contributed by atoms with Crippen LogP contribution in [-0.4, -0.2) is 48.2 Å². The molecular weight excluding hydrogens is 354 g/mol. The van der Waals surface area contributed by atoms with Crippen molar-refractivity contribution in [2.75, 3.05) is 11.4 Å². The minimum atomic E-state index is -0.460. The van der Waals surface area contributed by atoms with Crippen LogP contribution in [0.3, 0.4) is 0 Å². The molecule has 3 aromatic heterocycles. The summed E-state index contributed by atoms with van der Waals surface area (Å²) in [6.07, 6.45) is 7.68. The molecule has 6 heterocycles. The van der Waals surface area contributed by atoms with E-state index in [0.29, 0.717) is 11.9 Å². The van der Waals surface area contributed by atoms with Gasteiger partial charge in [-0.1, -0.05) is 0 Å². The van der Waals surface area contributed by atoms with Gasteiger partial charge in [-0.2, -0.15) is 0 Å². The van der Waals surface area contributed by atoms with Crippen molar-refractivity contribution in [1.29, 1.82) is 0 Å². The Bertz CT molecular complexity index is 1070. The van der Waals surface area contributed by atoms with Gasteiger partial charge in [-0.25, -0.2) is 24.9 Å². The molecule has 3 fully saturated rings. The summed E-state index contributed by atoms with van der Waals surface area (Å²) in [5.41, 5.74) is 2.13. The topological polar surface area (TPSA) is 81.9 Å². The highest BCUT2D eigenvalue weighted by Crippen LogP contribution is 2.45. The Morgan fingerprint density at radius 3 is 2.57 bits per heavy atom. The minimum absolute atomic E-state index is 0.0985. The van der Waals surface area contributed by atoms with Crippen LogP contribution in [0.5, 0.6) is 0 Å². The number of ether oxygens (including phenoxy) is 1. The summed E-state index contributed by atoms with van der Waals surface area (Å²) in [5, 5.41) is 0. The van der Waals surface area contributed by atoms with Crippen molar-refractivity contribution < 1.29 is 4.74 Å². The van der Waals surface area contributed by atoms with Crippen molar-refractivity contribution in [1.82, 2.24) is 29.5 Å². The number of anilines is 1. The molecule has 8 heteroatoms. The molecule has 1 atom stereocenters. The summed E-state index contributed by atoms with van der Waals surface area (Å²) < 4.78 is 8.38. The number of aromatic nitrogens is 6. The van der Waals surface area contributed by atoms with Crippen LogP contribution in [0.1, 0.15) is 39.4 Å². The summed E-state index contributed by atoms with van der Waals surface area (Å²) >= 11 is 0. The third-order valence-electron chi connectivity index (χ3n) is 6.25. The Morgan fingerprint density at radius 2 is 1.86 bits per heavy atom. The zero-order valence-electron chi connectivity index (χ0n) is 16.3. The van der Waals surface area contributed by atoms with Crippen LogP contribution in [0.25, 0.3) is 22.6 Å². The molecule has 4 aliphatic rings. The maximum atomic E-state index is 6.17. The lowest BCUT2D eigenvalue weighted by Gasteiger charge is -2.34. The largest absolute Gasteiger partial charge is 0.363 e.